The summed E-state index contributed by atoms with van der Waals surface area (Å²) in [5, 5.41) is 18.8. The van der Waals surface area contributed by atoms with Crippen molar-refractivity contribution in [3.8, 4) is 5.69 Å². The Labute approximate surface area is 131 Å². The summed E-state index contributed by atoms with van der Waals surface area (Å²) >= 11 is 6.16. The van der Waals surface area contributed by atoms with E-state index >= 15 is 0 Å². The van der Waals surface area contributed by atoms with Crippen molar-refractivity contribution < 1.29 is 5.11 Å². The summed E-state index contributed by atoms with van der Waals surface area (Å²) in [6.07, 6.45) is 0.484. The number of aliphatic imine (C=N–C) groups is 1. The first kappa shape index (κ1) is 13.2. The Morgan fingerprint density at radius 1 is 1.09 bits per heavy atom. The minimum absolute atomic E-state index is 0.384. The molecular weight excluding hydrogens is 300 g/mol. The molecule has 0 saturated carbocycles. The van der Waals surface area contributed by atoms with Crippen LogP contribution in [0.4, 0.5) is 0 Å². The summed E-state index contributed by atoms with van der Waals surface area (Å²) < 4.78 is 1.73. The molecule has 1 aliphatic rings. The number of aliphatic hydroxyl groups excluding tert-OH is 1. The fourth-order valence-corrected chi connectivity index (χ4v) is 2.76. The van der Waals surface area contributed by atoms with Gasteiger partial charge in [-0.2, -0.15) is 0 Å². The van der Waals surface area contributed by atoms with Crippen molar-refractivity contribution in [2.24, 2.45) is 4.99 Å². The van der Waals surface area contributed by atoms with Gasteiger partial charge in [0.05, 0.1) is 11.4 Å². The number of fused-ring (bicyclic) bond motifs is 3. The number of rotatable bonds is 1. The lowest BCUT2D eigenvalue weighted by molar-refractivity contribution is 0.177. The Kier molecular flexibility index (Phi) is 3.03. The van der Waals surface area contributed by atoms with Gasteiger partial charge in [-0.15, -0.1) is 10.2 Å². The van der Waals surface area contributed by atoms with Gasteiger partial charge in [0.2, 0.25) is 6.23 Å². The number of aliphatic hydroxyl groups is 1. The zero-order valence-corrected chi connectivity index (χ0v) is 12.1. The summed E-state index contributed by atoms with van der Waals surface area (Å²) in [6, 6.07) is 15.2. The van der Waals surface area contributed by atoms with Gasteiger partial charge in [0.15, 0.2) is 5.82 Å². The maximum absolute atomic E-state index is 10.4. The molecule has 2 aromatic carbocycles. The molecule has 4 rings (SSSR count). The van der Waals surface area contributed by atoms with E-state index < -0.39 is 6.23 Å². The molecule has 5 nitrogen and oxygen atoms in total. The van der Waals surface area contributed by atoms with Gasteiger partial charge in [-0.05, 0) is 18.2 Å². The van der Waals surface area contributed by atoms with E-state index in [9.17, 15) is 5.11 Å². The Bertz CT molecular complexity index is 873. The van der Waals surface area contributed by atoms with E-state index in [0.29, 0.717) is 16.6 Å². The first-order valence-corrected chi connectivity index (χ1v) is 7.13. The summed E-state index contributed by atoms with van der Waals surface area (Å²) in [5.74, 6) is 0.384. The third kappa shape index (κ3) is 2.03. The molecular formula is C16H11ClN4O. The van der Waals surface area contributed by atoms with Crippen LogP contribution in [0.3, 0.4) is 0 Å². The molecule has 0 fully saturated rings. The van der Waals surface area contributed by atoms with E-state index in [1.807, 2.05) is 42.5 Å². The van der Waals surface area contributed by atoms with Gasteiger partial charge in [0.1, 0.15) is 6.33 Å². The standard InChI is InChI=1S/C16H11ClN4O/c17-11-6-7-13-12(8-11)14(10-4-2-1-3-5-10)19-16(22)15-20-18-9-21(13)15/h1-9,16,22H. The van der Waals surface area contributed by atoms with Crippen LogP contribution < -0.4 is 0 Å². The molecule has 1 aromatic heterocycles. The molecule has 1 unspecified atom stereocenters. The summed E-state index contributed by atoms with van der Waals surface area (Å²) in [4.78, 5) is 4.43. The predicted octanol–water partition coefficient (Wildman–Crippen LogP) is 2.76. The van der Waals surface area contributed by atoms with Crippen LogP contribution >= 0.6 is 11.6 Å². The fraction of sp³-hybridized carbons (Fsp3) is 0.0625. The van der Waals surface area contributed by atoms with Crippen LogP contribution in [-0.2, 0) is 0 Å². The molecule has 6 heteroatoms. The van der Waals surface area contributed by atoms with Crippen molar-refractivity contribution in [2.75, 3.05) is 0 Å². The summed E-state index contributed by atoms with van der Waals surface area (Å²) in [7, 11) is 0. The van der Waals surface area contributed by atoms with E-state index in [1.165, 1.54) is 0 Å². The van der Waals surface area contributed by atoms with Crippen LogP contribution in [0, 0.1) is 0 Å². The minimum atomic E-state index is -1.08. The molecule has 1 atom stereocenters. The van der Waals surface area contributed by atoms with E-state index in [-0.39, 0.29) is 0 Å². The van der Waals surface area contributed by atoms with Gasteiger partial charge < -0.3 is 5.11 Å². The van der Waals surface area contributed by atoms with Gasteiger partial charge >= 0.3 is 0 Å². The zero-order chi connectivity index (χ0) is 15.1. The van der Waals surface area contributed by atoms with E-state index in [4.69, 9.17) is 11.6 Å². The number of hydrogen-bond acceptors (Lipinski definition) is 4. The number of hydrogen-bond donors (Lipinski definition) is 1. The van der Waals surface area contributed by atoms with Crippen LogP contribution in [-0.4, -0.2) is 25.6 Å². The molecule has 0 radical (unpaired) electrons. The van der Waals surface area contributed by atoms with Crippen molar-refractivity contribution in [1.82, 2.24) is 14.8 Å². The molecule has 22 heavy (non-hydrogen) atoms. The molecule has 0 spiro atoms. The fourth-order valence-electron chi connectivity index (χ4n) is 2.59. The van der Waals surface area contributed by atoms with Crippen molar-refractivity contribution in [1.29, 1.82) is 0 Å². The highest BCUT2D eigenvalue weighted by molar-refractivity contribution is 6.31. The third-order valence-electron chi connectivity index (χ3n) is 3.58. The lowest BCUT2D eigenvalue weighted by atomic mass is 10.0. The van der Waals surface area contributed by atoms with Gasteiger partial charge in [-0.25, -0.2) is 4.99 Å². The summed E-state index contributed by atoms with van der Waals surface area (Å²) in [5.41, 5.74) is 3.25. The number of halogens is 1. The minimum Gasteiger partial charge on any atom is -0.365 e. The van der Waals surface area contributed by atoms with Crippen LogP contribution in [0.5, 0.6) is 0 Å². The highest BCUT2D eigenvalue weighted by Gasteiger charge is 2.24. The molecule has 1 N–H and O–H groups in total. The average molecular weight is 311 g/mol. The first-order valence-electron chi connectivity index (χ1n) is 6.75. The van der Waals surface area contributed by atoms with Crippen LogP contribution in [0.15, 0.2) is 59.9 Å². The second-order valence-corrected chi connectivity index (χ2v) is 5.37. The molecule has 0 saturated heterocycles. The molecule has 0 aliphatic carbocycles. The molecule has 0 amide bonds. The molecule has 0 bridgehead atoms. The van der Waals surface area contributed by atoms with E-state index in [0.717, 1.165) is 16.8 Å². The van der Waals surface area contributed by atoms with Crippen molar-refractivity contribution >= 4 is 17.3 Å². The quantitative estimate of drug-likeness (QED) is 0.751. The third-order valence-corrected chi connectivity index (χ3v) is 3.81. The van der Waals surface area contributed by atoms with Crippen LogP contribution in [0.2, 0.25) is 5.02 Å². The number of benzene rings is 2. The Morgan fingerprint density at radius 2 is 1.91 bits per heavy atom. The number of aromatic nitrogens is 3. The van der Waals surface area contributed by atoms with Crippen LogP contribution in [0.25, 0.3) is 5.69 Å². The van der Waals surface area contributed by atoms with Gasteiger partial charge in [-0.3, -0.25) is 4.57 Å². The first-order chi connectivity index (χ1) is 10.7. The zero-order valence-electron chi connectivity index (χ0n) is 11.4. The second-order valence-electron chi connectivity index (χ2n) is 4.94. The molecule has 1 aliphatic heterocycles. The Balaban J connectivity index is 2.03. The normalized spacial score (nSPS) is 16.5. The topological polar surface area (TPSA) is 63.3 Å². The Hall–Kier alpha value is -2.50. The maximum Gasteiger partial charge on any atom is 0.207 e. The average Bonchev–Trinajstić information content (AvgIpc) is 2.99. The predicted molar refractivity (Wildman–Crippen MR) is 83.4 cm³/mol. The lowest BCUT2D eigenvalue weighted by Crippen LogP contribution is -2.06. The summed E-state index contributed by atoms with van der Waals surface area (Å²) in [6.45, 7) is 0. The van der Waals surface area contributed by atoms with Crippen molar-refractivity contribution in [2.45, 2.75) is 6.23 Å². The smallest absolute Gasteiger partial charge is 0.207 e. The SMILES string of the molecule is OC1N=C(c2ccccc2)c2cc(Cl)ccc2-n2cnnc21. The highest BCUT2D eigenvalue weighted by Crippen LogP contribution is 2.29. The van der Waals surface area contributed by atoms with Gasteiger partial charge in [-0.1, -0.05) is 41.9 Å². The van der Waals surface area contributed by atoms with E-state index in [1.54, 1.807) is 17.0 Å². The maximum atomic E-state index is 10.4. The van der Waals surface area contributed by atoms with Crippen molar-refractivity contribution in [3.05, 3.63) is 76.8 Å². The van der Waals surface area contributed by atoms with E-state index in [2.05, 4.69) is 15.2 Å². The lowest BCUT2D eigenvalue weighted by Gasteiger charge is -2.11. The Morgan fingerprint density at radius 3 is 2.73 bits per heavy atom. The molecule has 3 aromatic rings. The monoisotopic (exact) mass is 310 g/mol. The molecule has 108 valence electrons. The highest BCUT2D eigenvalue weighted by atomic mass is 35.5. The van der Waals surface area contributed by atoms with Crippen LogP contribution in [0.1, 0.15) is 23.2 Å². The second kappa shape index (κ2) is 5.05. The van der Waals surface area contributed by atoms with Gasteiger partial charge in [0.25, 0.3) is 0 Å². The number of nitrogens with zero attached hydrogens (tertiary/aromatic N) is 4. The molecule has 2 heterocycles. The van der Waals surface area contributed by atoms with Gasteiger partial charge in [0, 0.05) is 16.1 Å². The largest absolute Gasteiger partial charge is 0.365 e. The van der Waals surface area contributed by atoms with Crippen molar-refractivity contribution in [3.63, 3.8) is 0 Å².